The predicted molar refractivity (Wildman–Crippen MR) is 69.4 cm³/mol. The van der Waals surface area contributed by atoms with E-state index in [4.69, 9.17) is 15.8 Å². The number of hydrogen-bond acceptors (Lipinski definition) is 4. The molecule has 0 saturated heterocycles. The molecule has 0 aliphatic rings. The van der Waals surface area contributed by atoms with E-state index >= 15 is 0 Å². The average molecular weight is 355 g/mol. The van der Waals surface area contributed by atoms with Crippen molar-refractivity contribution in [1.82, 2.24) is 0 Å². The van der Waals surface area contributed by atoms with Gasteiger partial charge in [0.1, 0.15) is 0 Å². The van der Waals surface area contributed by atoms with E-state index < -0.39 is 9.05 Å². The Labute approximate surface area is 129 Å². The van der Waals surface area contributed by atoms with Crippen LogP contribution in [0.15, 0.2) is 0 Å². The number of hydrogen-bond donors (Lipinski definition) is 0. The van der Waals surface area contributed by atoms with Crippen molar-refractivity contribution in [3.63, 3.8) is 0 Å². The molecule has 0 aliphatic heterocycles. The molecule has 0 aliphatic carbocycles. The van der Waals surface area contributed by atoms with E-state index in [1.165, 1.54) is 0 Å². The molecule has 0 spiro atoms. The van der Waals surface area contributed by atoms with Crippen molar-refractivity contribution in [2.24, 2.45) is 0 Å². The fraction of sp³-hybridized carbons (Fsp3) is 1.00. The zero-order valence-electron chi connectivity index (χ0n) is 13.1. The van der Waals surface area contributed by atoms with E-state index in [-0.39, 0.29) is 16.8 Å². The van der Waals surface area contributed by atoms with E-state index in [0.717, 1.165) is 25.2 Å². The third-order valence-electron chi connectivity index (χ3n) is 1.42. The molecule has 0 aromatic heterocycles. The van der Waals surface area contributed by atoms with Crippen LogP contribution in [0.3, 0.4) is 0 Å². The molecule has 0 amide bonds. The van der Waals surface area contributed by atoms with Crippen LogP contribution in [0.2, 0.25) is 0 Å². The summed E-state index contributed by atoms with van der Waals surface area (Å²) in [5.41, 5.74) is -1.13. The van der Waals surface area contributed by atoms with Gasteiger partial charge in [-0.05, 0) is 0 Å². The fourth-order valence-corrected chi connectivity index (χ4v) is 4.67. The van der Waals surface area contributed by atoms with Crippen molar-refractivity contribution in [3.8, 4) is 0 Å². The summed E-state index contributed by atoms with van der Waals surface area (Å²) >= 11 is 0.888. The van der Waals surface area contributed by atoms with Crippen molar-refractivity contribution in [1.29, 1.82) is 0 Å². The first kappa shape index (κ1) is 18.9. The molecule has 18 heavy (non-hydrogen) atoms. The van der Waals surface area contributed by atoms with Crippen molar-refractivity contribution < 1.29 is 40.9 Å². The van der Waals surface area contributed by atoms with Crippen LogP contribution in [-0.2, 0) is 40.9 Å². The predicted octanol–water partition coefficient (Wildman–Crippen LogP) is 3.35. The summed E-state index contributed by atoms with van der Waals surface area (Å²) in [6.45, 7) is 17.8. The number of rotatable bonds is 4. The second-order valence-corrected chi connectivity index (χ2v) is 10.6. The van der Waals surface area contributed by atoms with E-state index in [0.29, 0.717) is 0 Å². The van der Waals surface area contributed by atoms with Gasteiger partial charge in [0.25, 0.3) is 0 Å². The van der Waals surface area contributed by atoms with Crippen LogP contribution in [-0.4, -0.2) is 25.9 Å². The first-order valence-electron chi connectivity index (χ1n) is 6.13. The Morgan fingerprint density at radius 1 is 0.611 bits per heavy atom. The van der Waals surface area contributed by atoms with Crippen LogP contribution in [0, 0.1) is 0 Å². The quantitative estimate of drug-likeness (QED) is 0.726. The second-order valence-electron chi connectivity index (χ2n) is 7.25. The summed E-state index contributed by atoms with van der Waals surface area (Å²) in [6.07, 6.45) is 0. The molecule has 4 nitrogen and oxygen atoms in total. The molecule has 0 unspecified atom stereocenters. The van der Waals surface area contributed by atoms with Crippen LogP contribution >= 0.6 is 0 Å². The normalized spacial score (nSPS) is 14.9. The minimum absolute atomic E-state index is 0.376. The van der Waals surface area contributed by atoms with Gasteiger partial charge in [0.15, 0.2) is 0 Å². The van der Waals surface area contributed by atoms with Crippen molar-refractivity contribution in [3.05, 3.63) is 0 Å². The molecule has 0 rings (SSSR count). The standard InChI is InChI=1S/C12H27O4Si.Zr/c1-10(2,3)14-17(13,15-11(4,5)6)16-12(7,8)9;/h1-9H3;/q-1;+1. The Morgan fingerprint density at radius 2 is 0.833 bits per heavy atom. The molecular formula is C12H27O4SiZr. The Hall–Kier alpha value is 0.940. The van der Waals surface area contributed by atoms with E-state index in [2.05, 4.69) is 0 Å². The molecule has 107 valence electrons. The molecule has 0 aromatic carbocycles. The summed E-state index contributed by atoms with van der Waals surface area (Å²) in [7, 11) is -3.14. The van der Waals surface area contributed by atoms with Crippen molar-refractivity contribution >= 4 is 9.05 Å². The molecule has 6 heteroatoms. The van der Waals surface area contributed by atoms with E-state index in [9.17, 15) is 0 Å². The van der Waals surface area contributed by atoms with Crippen LogP contribution in [0.1, 0.15) is 62.3 Å². The fourth-order valence-electron chi connectivity index (χ4n) is 1.25. The summed E-state index contributed by atoms with van der Waals surface area (Å²) in [5.74, 6) is 0. The minimum atomic E-state index is -3.14. The Morgan fingerprint density at radius 3 is 0.944 bits per heavy atom. The van der Waals surface area contributed by atoms with E-state index in [1.54, 1.807) is 0 Å². The summed E-state index contributed by atoms with van der Waals surface area (Å²) in [5, 5.41) is 0. The maximum atomic E-state index is 6.02. The summed E-state index contributed by atoms with van der Waals surface area (Å²) < 4.78 is 23.7. The van der Waals surface area contributed by atoms with Gasteiger partial charge >= 0.3 is 129 Å². The summed E-state index contributed by atoms with van der Waals surface area (Å²) in [4.78, 5) is 0. The van der Waals surface area contributed by atoms with Gasteiger partial charge in [0.2, 0.25) is 0 Å². The van der Waals surface area contributed by atoms with Gasteiger partial charge < -0.3 is 0 Å². The SMILES string of the molecule is CC(C)(C)O[Si]([O][Zr])(OC(C)(C)C)OC(C)(C)C. The van der Waals surface area contributed by atoms with E-state index in [1.807, 2.05) is 62.3 Å². The molecule has 0 radical (unpaired) electrons. The zero-order valence-corrected chi connectivity index (χ0v) is 16.6. The van der Waals surface area contributed by atoms with Gasteiger partial charge in [-0.3, -0.25) is 0 Å². The van der Waals surface area contributed by atoms with Gasteiger partial charge in [-0.1, -0.05) is 0 Å². The van der Waals surface area contributed by atoms with Crippen LogP contribution in [0.4, 0.5) is 0 Å². The Balaban J connectivity index is 5.20. The van der Waals surface area contributed by atoms with Gasteiger partial charge in [-0.15, -0.1) is 0 Å². The van der Waals surface area contributed by atoms with Crippen LogP contribution in [0.5, 0.6) is 0 Å². The van der Waals surface area contributed by atoms with Crippen molar-refractivity contribution in [2.75, 3.05) is 0 Å². The van der Waals surface area contributed by atoms with Gasteiger partial charge in [0.05, 0.1) is 0 Å². The maximum absolute atomic E-state index is 6.02. The molecule has 0 heterocycles. The van der Waals surface area contributed by atoms with Gasteiger partial charge in [-0.25, -0.2) is 0 Å². The summed E-state index contributed by atoms with van der Waals surface area (Å²) in [6, 6.07) is 0. The first-order chi connectivity index (χ1) is 7.68. The average Bonchev–Trinajstić information content (AvgIpc) is 1.93. The second kappa shape index (κ2) is 6.15. The molecule has 0 aromatic rings. The Kier molecular flexibility index (Phi) is 6.47. The Bertz CT molecular complexity index is 222. The third kappa shape index (κ3) is 8.94. The molecule has 0 fully saturated rings. The molecule has 0 saturated carbocycles. The van der Waals surface area contributed by atoms with Gasteiger partial charge in [0, 0.05) is 0 Å². The van der Waals surface area contributed by atoms with Crippen LogP contribution < -0.4 is 0 Å². The molecular weight excluding hydrogens is 327 g/mol. The molecule has 0 N–H and O–H groups in total. The molecule has 0 bridgehead atoms. The zero-order chi connectivity index (χ0) is 14.8. The monoisotopic (exact) mass is 353 g/mol. The first-order valence-corrected chi connectivity index (χ1v) is 8.77. The third-order valence-corrected chi connectivity index (χ3v) is 6.10. The van der Waals surface area contributed by atoms with Crippen molar-refractivity contribution in [2.45, 2.75) is 79.1 Å². The van der Waals surface area contributed by atoms with Gasteiger partial charge in [-0.2, -0.15) is 0 Å². The topological polar surface area (TPSA) is 36.9 Å². The molecule has 0 atom stereocenters. The van der Waals surface area contributed by atoms with Crippen LogP contribution in [0.25, 0.3) is 0 Å².